The van der Waals surface area contributed by atoms with E-state index in [1.807, 2.05) is 0 Å². The van der Waals surface area contributed by atoms with Crippen LogP contribution < -0.4 is 14.0 Å². The number of fused-ring (bicyclic) bond motifs is 4. The normalized spacial score (nSPS) is 13.1. The Morgan fingerprint density at radius 3 is 1.65 bits per heavy atom. The summed E-state index contributed by atoms with van der Waals surface area (Å²) in [6.45, 7) is 0. The van der Waals surface area contributed by atoms with Crippen LogP contribution in [0, 0.1) is 81.4 Å². The van der Waals surface area contributed by atoms with Gasteiger partial charge in [-0.2, -0.15) is 17.6 Å². The molecule has 0 fully saturated rings. The van der Waals surface area contributed by atoms with E-state index in [2.05, 4.69) is 0 Å². The molecule has 0 radical (unpaired) electrons. The van der Waals surface area contributed by atoms with Crippen LogP contribution in [0.4, 0.5) is 70.2 Å². The van der Waals surface area contributed by atoms with E-state index >= 15 is 13.2 Å². The molecule has 0 atom stereocenters. The summed E-state index contributed by atoms with van der Waals surface area (Å²) in [5.41, 5.74) is -9.21. The molecule has 20 heteroatoms. The number of rotatable bonds is 6. The minimum absolute atomic E-state index is 0.00329. The molecule has 5 aromatic rings. The second-order valence-electron chi connectivity index (χ2n) is 9.88. The zero-order valence-electron chi connectivity index (χ0n) is 22.7. The molecule has 3 nitrogen and oxygen atoms in total. The van der Waals surface area contributed by atoms with Crippen molar-refractivity contribution in [3.05, 3.63) is 123 Å². The molecule has 254 valence electrons. The van der Waals surface area contributed by atoms with Crippen molar-refractivity contribution in [3.63, 3.8) is 0 Å². The molecule has 1 aliphatic carbocycles. The fraction of sp³-hybridized carbons (Fsp3) is 0.0345. The summed E-state index contributed by atoms with van der Waals surface area (Å²) >= 11 is 0. The highest BCUT2D eigenvalue weighted by atomic mass is 19.3. The van der Waals surface area contributed by atoms with E-state index in [4.69, 9.17) is 14.0 Å². The second kappa shape index (κ2) is 11.4. The monoisotopic (exact) mass is 716 g/mol. The van der Waals surface area contributed by atoms with Crippen molar-refractivity contribution < 1.29 is 84.2 Å². The third-order valence-electron chi connectivity index (χ3n) is 7.11. The maximum absolute atomic E-state index is 15.7. The topological polar surface area (TPSA) is 27.7 Å². The lowest BCUT2D eigenvalue weighted by molar-refractivity contribution is 0.0401. The highest BCUT2D eigenvalue weighted by Gasteiger charge is 2.56. The van der Waals surface area contributed by atoms with E-state index < -0.39 is 145 Å². The van der Waals surface area contributed by atoms with E-state index in [-0.39, 0.29) is 12.1 Å². The van der Waals surface area contributed by atoms with Crippen molar-refractivity contribution in [2.24, 2.45) is 0 Å². The van der Waals surface area contributed by atoms with Gasteiger partial charge in [-0.25, -0.2) is 52.7 Å². The van der Waals surface area contributed by atoms with Crippen LogP contribution in [0.5, 0.6) is 17.2 Å². The molecule has 0 unspecified atom stereocenters. The Balaban J connectivity index is 1.60. The van der Waals surface area contributed by atoms with Crippen LogP contribution in [0.2, 0.25) is 0 Å². The number of alkyl halides is 2. The fourth-order valence-corrected chi connectivity index (χ4v) is 5.02. The van der Waals surface area contributed by atoms with Crippen molar-refractivity contribution in [1.29, 1.82) is 0 Å². The van der Waals surface area contributed by atoms with Crippen LogP contribution in [0.15, 0.2) is 30.3 Å². The Bertz CT molecular complexity index is 2260. The summed E-state index contributed by atoms with van der Waals surface area (Å²) in [7, 11) is -3.32. The molecule has 0 saturated carbocycles. The van der Waals surface area contributed by atoms with Crippen LogP contribution >= 0.6 is 0 Å². The van der Waals surface area contributed by atoms with Crippen LogP contribution in [0.3, 0.4) is 0 Å². The Labute approximate surface area is 260 Å². The van der Waals surface area contributed by atoms with Gasteiger partial charge in [0, 0.05) is 28.6 Å². The third kappa shape index (κ3) is 4.86. The molecule has 0 heterocycles. The van der Waals surface area contributed by atoms with Gasteiger partial charge in [-0.1, -0.05) is 12.1 Å². The minimum atomic E-state index is -5.36. The standard InChI is InChI=1S/C29H5BF16O3/c31-6-4-8(32)17(34)10(5-6)48-30(47-9-3-1-2-7-11(9)18(35)23(40)22(39)16(7)33)49-28-15-13(20(37)25(42)27(28)44)12-14(29(15,45)46)21(38)26(43)24(41)19(12)36/h1-5H. The van der Waals surface area contributed by atoms with Gasteiger partial charge in [-0.3, -0.25) is 0 Å². The van der Waals surface area contributed by atoms with Crippen LogP contribution in [-0.4, -0.2) is 7.32 Å². The zero-order valence-corrected chi connectivity index (χ0v) is 22.7. The van der Waals surface area contributed by atoms with Crippen LogP contribution in [-0.2, 0) is 5.92 Å². The SMILES string of the molecule is Fc1cc(F)c(F)c(OB(Oc2c(F)c(F)c(F)c3c2C(F)(F)c2c(F)c(F)c(F)c(F)c2-3)Oc2cccc3c(F)c(F)c(F)c(F)c23)c1. The Kier molecular flexibility index (Phi) is 7.82. The number of halogens is 16. The van der Waals surface area contributed by atoms with Crippen molar-refractivity contribution in [1.82, 2.24) is 0 Å². The van der Waals surface area contributed by atoms with Crippen molar-refractivity contribution in [2.75, 3.05) is 0 Å². The molecular formula is C29H5BF16O3. The van der Waals surface area contributed by atoms with E-state index in [0.717, 1.165) is 6.07 Å². The maximum Gasteiger partial charge on any atom is 0.864 e. The van der Waals surface area contributed by atoms with E-state index in [1.165, 1.54) is 0 Å². The summed E-state index contributed by atoms with van der Waals surface area (Å²) in [4.78, 5) is 0. The van der Waals surface area contributed by atoms with Gasteiger partial charge >= 0.3 is 13.2 Å². The minimum Gasteiger partial charge on any atom is -0.489 e. The first kappa shape index (κ1) is 33.6. The quantitative estimate of drug-likeness (QED) is 0.0759. The Morgan fingerprint density at radius 2 is 1.00 bits per heavy atom. The molecule has 0 spiro atoms. The predicted molar refractivity (Wildman–Crippen MR) is 132 cm³/mol. The van der Waals surface area contributed by atoms with Crippen LogP contribution in [0.1, 0.15) is 11.1 Å². The zero-order chi connectivity index (χ0) is 36.0. The summed E-state index contributed by atoms with van der Waals surface area (Å²) in [6, 6.07) is 1.84. The highest BCUT2D eigenvalue weighted by Crippen LogP contribution is 2.58. The number of hydrogen-bond donors (Lipinski definition) is 0. The summed E-state index contributed by atoms with van der Waals surface area (Å²) in [5.74, 6) is -45.2. The first-order valence-electron chi connectivity index (χ1n) is 12.7. The molecule has 0 bridgehead atoms. The number of hydrogen-bond acceptors (Lipinski definition) is 3. The summed E-state index contributed by atoms with van der Waals surface area (Å²) < 4.78 is 248. The lowest BCUT2D eigenvalue weighted by Crippen LogP contribution is -2.38. The Hall–Kier alpha value is -5.30. The fourth-order valence-electron chi connectivity index (χ4n) is 5.02. The third-order valence-corrected chi connectivity index (χ3v) is 7.11. The van der Waals surface area contributed by atoms with Gasteiger partial charge < -0.3 is 14.0 Å². The maximum atomic E-state index is 15.7. The first-order valence-corrected chi connectivity index (χ1v) is 12.7. The van der Waals surface area contributed by atoms with E-state index in [9.17, 15) is 57.1 Å². The average molecular weight is 716 g/mol. The Morgan fingerprint density at radius 1 is 0.469 bits per heavy atom. The van der Waals surface area contributed by atoms with Crippen LogP contribution in [0.25, 0.3) is 21.9 Å². The molecule has 6 rings (SSSR count). The molecule has 5 aromatic carbocycles. The molecule has 0 saturated heterocycles. The molecule has 0 aliphatic heterocycles. The van der Waals surface area contributed by atoms with E-state index in [1.54, 1.807) is 0 Å². The molecular weight excluding hydrogens is 711 g/mol. The van der Waals surface area contributed by atoms with Crippen molar-refractivity contribution in [3.8, 4) is 28.4 Å². The van der Waals surface area contributed by atoms with E-state index in [0.29, 0.717) is 12.1 Å². The average Bonchev–Trinajstić information content (AvgIpc) is 3.30. The van der Waals surface area contributed by atoms with Gasteiger partial charge in [0.05, 0.1) is 16.5 Å². The van der Waals surface area contributed by atoms with Gasteiger partial charge in [0.1, 0.15) is 17.3 Å². The largest absolute Gasteiger partial charge is 0.864 e. The summed E-state index contributed by atoms with van der Waals surface area (Å²) in [5, 5.41) is -2.47. The van der Waals surface area contributed by atoms with Crippen molar-refractivity contribution >= 4 is 18.1 Å². The lowest BCUT2D eigenvalue weighted by Gasteiger charge is -2.22. The second-order valence-corrected chi connectivity index (χ2v) is 9.88. The first-order chi connectivity index (χ1) is 22.9. The van der Waals surface area contributed by atoms with Crippen molar-refractivity contribution in [2.45, 2.75) is 5.92 Å². The smallest absolute Gasteiger partial charge is 0.489 e. The van der Waals surface area contributed by atoms with Gasteiger partial charge in [0.2, 0.25) is 5.82 Å². The summed E-state index contributed by atoms with van der Waals surface area (Å²) in [6.07, 6.45) is 0. The molecule has 1 aliphatic rings. The highest BCUT2D eigenvalue weighted by molar-refractivity contribution is 6.40. The lowest BCUT2D eigenvalue weighted by atomic mass is 10.0. The molecule has 0 aromatic heterocycles. The number of benzene rings is 5. The van der Waals surface area contributed by atoms with Gasteiger partial charge in [-0.15, -0.1) is 0 Å². The molecule has 0 amide bonds. The molecule has 0 N–H and O–H groups in total. The molecule has 49 heavy (non-hydrogen) atoms. The predicted octanol–water partition coefficient (Wildman–Crippen LogP) is 9.43. The van der Waals surface area contributed by atoms with Gasteiger partial charge in [0.15, 0.2) is 75.6 Å². The van der Waals surface area contributed by atoms with Gasteiger partial charge in [-0.05, 0) is 6.07 Å². The van der Waals surface area contributed by atoms with Gasteiger partial charge in [0.25, 0.3) is 0 Å².